The highest BCUT2D eigenvalue weighted by Crippen LogP contribution is 2.32. The Bertz CT molecular complexity index is 618. The Morgan fingerprint density at radius 3 is 2.44 bits per heavy atom. The average Bonchev–Trinajstić information content (AvgIpc) is 3.17. The van der Waals surface area contributed by atoms with Crippen molar-refractivity contribution in [1.29, 1.82) is 0 Å². The fourth-order valence-corrected chi connectivity index (χ4v) is 4.04. The smallest absolute Gasteiger partial charge is 0.228 e. The van der Waals surface area contributed by atoms with Crippen LogP contribution >= 0.6 is 0 Å². The van der Waals surface area contributed by atoms with Crippen molar-refractivity contribution in [3.63, 3.8) is 0 Å². The molecule has 1 unspecified atom stereocenters. The van der Waals surface area contributed by atoms with Crippen molar-refractivity contribution < 1.29 is 19.0 Å². The third-order valence-electron chi connectivity index (χ3n) is 5.69. The number of anilines is 1. The molecule has 1 atom stereocenters. The number of methoxy groups -OCH3 is 3. The number of amides is 1. The van der Waals surface area contributed by atoms with Gasteiger partial charge in [-0.2, -0.15) is 0 Å². The van der Waals surface area contributed by atoms with Gasteiger partial charge >= 0.3 is 0 Å². The van der Waals surface area contributed by atoms with Gasteiger partial charge in [0.2, 0.25) is 5.91 Å². The van der Waals surface area contributed by atoms with Crippen LogP contribution in [0.5, 0.6) is 11.5 Å². The summed E-state index contributed by atoms with van der Waals surface area (Å²) in [6.07, 6.45) is 2.55. The van der Waals surface area contributed by atoms with E-state index in [1.165, 1.54) is 0 Å². The summed E-state index contributed by atoms with van der Waals surface area (Å²) in [4.78, 5) is 15.3. The molecule has 1 aromatic carbocycles. The summed E-state index contributed by atoms with van der Waals surface area (Å²) in [7, 11) is 4.98. The van der Waals surface area contributed by atoms with Crippen molar-refractivity contribution in [2.75, 3.05) is 59.0 Å². The second-order valence-corrected chi connectivity index (χ2v) is 7.44. The molecule has 150 valence electrons. The normalized spacial score (nSPS) is 21.7. The number of ether oxygens (including phenoxy) is 3. The quantitative estimate of drug-likeness (QED) is 0.749. The summed E-state index contributed by atoms with van der Waals surface area (Å²) >= 11 is 0. The van der Waals surface area contributed by atoms with Crippen LogP contribution in [0, 0.1) is 5.41 Å². The van der Waals surface area contributed by atoms with E-state index in [-0.39, 0.29) is 11.9 Å². The molecular formula is C20H31N3O4. The lowest BCUT2D eigenvalue weighted by atomic mass is 9.78. The zero-order valence-corrected chi connectivity index (χ0v) is 16.5. The molecule has 7 heteroatoms. The minimum absolute atomic E-state index is 0.126. The lowest BCUT2D eigenvalue weighted by Gasteiger charge is -2.36. The number of carbonyl (C=O) groups is 1. The number of nitrogens with one attached hydrogen (secondary N) is 2. The Labute approximate surface area is 161 Å². The van der Waals surface area contributed by atoms with Gasteiger partial charge in [0.05, 0.1) is 26.2 Å². The van der Waals surface area contributed by atoms with Gasteiger partial charge in [-0.25, -0.2) is 0 Å². The summed E-state index contributed by atoms with van der Waals surface area (Å²) in [6.45, 7) is 3.86. The van der Waals surface area contributed by atoms with Crippen molar-refractivity contribution in [2.45, 2.75) is 25.3 Å². The van der Waals surface area contributed by atoms with Crippen LogP contribution in [-0.4, -0.2) is 66.1 Å². The van der Waals surface area contributed by atoms with Gasteiger partial charge in [0.15, 0.2) is 0 Å². The van der Waals surface area contributed by atoms with Gasteiger partial charge in [0.1, 0.15) is 11.5 Å². The molecular weight excluding hydrogens is 346 g/mol. The molecule has 0 spiro atoms. The molecule has 2 N–H and O–H groups in total. The molecule has 2 fully saturated rings. The first-order valence-electron chi connectivity index (χ1n) is 9.59. The highest BCUT2D eigenvalue weighted by atomic mass is 16.5. The van der Waals surface area contributed by atoms with Gasteiger partial charge in [-0.3, -0.25) is 4.79 Å². The summed E-state index contributed by atoms with van der Waals surface area (Å²) in [5.41, 5.74) is 0.642. The Balaban J connectivity index is 1.65. The van der Waals surface area contributed by atoms with E-state index in [2.05, 4.69) is 15.5 Å². The Kier molecular flexibility index (Phi) is 6.44. The van der Waals surface area contributed by atoms with Crippen molar-refractivity contribution in [3.8, 4) is 11.5 Å². The SMILES string of the molecule is COCC1(C(=O)NC2CCN(c3cc(OC)cc(OC)c3)C2)CCNCC1. The molecule has 3 rings (SSSR count). The van der Waals surface area contributed by atoms with E-state index in [0.29, 0.717) is 6.61 Å². The maximum atomic E-state index is 13.0. The molecule has 1 amide bonds. The Hall–Kier alpha value is -1.99. The summed E-state index contributed by atoms with van der Waals surface area (Å²) in [5.74, 6) is 1.66. The predicted molar refractivity (Wildman–Crippen MR) is 105 cm³/mol. The summed E-state index contributed by atoms with van der Waals surface area (Å²) in [6, 6.07) is 6.01. The van der Waals surface area contributed by atoms with Crippen LogP contribution in [0.25, 0.3) is 0 Å². The minimum Gasteiger partial charge on any atom is -0.497 e. The number of hydrogen-bond donors (Lipinski definition) is 2. The first-order valence-corrected chi connectivity index (χ1v) is 9.59. The maximum absolute atomic E-state index is 13.0. The Morgan fingerprint density at radius 1 is 1.19 bits per heavy atom. The third kappa shape index (κ3) is 4.47. The van der Waals surface area contributed by atoms with E-state index < -0.39 is 5.41 Å². The number of rotatable bonds is 7. The lowest BCUT2D eigenvalue weighted by Crippen LogP contribution is -2.52. The molecule has 2 aliphatic rings. The number of piperidine rings is 1. The van der Waals surface area contributed by atoms with Crippen molar-refractivity contribution in [1.82, 2.24) is 10.6 Å². The van der Waals surface area contributed by atoms with Crippen LogP contribution in [0.4, 0.5) is 5.69 Å². The van der Waals surface area contributed by atoms with E-state index in [1.807, 2.05) is 18.2 Å². The summed E-state index contributed by atoms with van der Waals surface area (Å²) in [5, 5.41) is 6.61. The average molecular weight is 377 g/mol. The van der Waals surface area contributed by atoms with E-state index in [0.717, 1.165) is 62.6 Å². The monoisotopic (exact) mass is 377 g/mol. The first kappa shape index (κ1) is 19.8. The molecule has 0 aliphatic carbocycles. The third-order valence-corrected chi connectivity index (χ3v) is 5.69. The van der Waals surface area contributed by atoms with Gasteiger partial charge in [0.25, 0.3) is 0 Å². The Morgan fingerprint density at radius 2 is 1.85 bits per heavy atom. The van der Waals surface area contributed by atoms with Crippen LogP contribution < -0.4 is 25.0 Å². The molecule has 2 aliphatic heterocycles. The highest BCUT2D eigenvalue weighted by molar-refractivity contribution is 5.83. The summed E-state index contributed by atoms with van der Waals surface area (Å²) < 4.78 is 16.1. The van der Waals surface area contributed by atoms with Gasteiger partial charge in [0, 0.05) is 50.1 Å². The van der Waals surface area contributed by atoms with E-state index in [9.17, 15) is 4.79 Å². The fraction of sp³-hybridized carbons (Fsp3) is 0.650. The van der Waals surface area contributed by atoms with Gasteiger partial charge < -0.3 is 29.7 Å². The van der Waals surface area contributed by atoms with Crippen LogP contribution in [0.3, 0.4) is 0 Å². The molecule has 7 nitrogen and oxygen atoms in total. The topological polar surface area (TPSA) is 72.1 Å². The molecule has 2 heterocycles. The zero-order valence-electron chi connectivity index (χ0n) is 16.5. The molecule has 0 bridgehead atoms. The number of carbonyl (C=O) groups excluding carboxylic acids is 1. The maximum Gasteiger partial charge on any atom is 0.228 e. The minimum atomic E-state index is -0.410. The van der Waals surface area contributed by atoms with Gasteiger partial charge in [-0.05, 0) is 32.4 Å². The second kappa shape index (κ2) is 8.80. The van der Waals surface area contributed by atoms with E-state index in [1.54, 1.807) is 21.3 Å². The number of benzene rings is 1. The molecule has 2 saturated heterocycles. The van der Waals surface area contributed by atoms with Crippen LogP contribution in [0.15, 0.2) is 18.2 Å². The standard InChI is InChI=1S/C20H31N3O4/c1-25-14-20(5-7-21-8-6-20)19(24)22-15-4-9-23(13-15)16-10-17(26-2)12-18(11-16)27-3/h10-12,15,21H,4-9,13-14H2,1-3H3,(H,22,24). The fourth-order valence-electron chi connectivity index (χ4n) is 4.04. The van der Waals surface area contributed by atoms with Gasteiger partial charge in [-0.15, -0.1) is 0 Å². The van der Waals surface area contributed by atoms with Crippen LogP contribution in [-0.2, 0) is 9.53 Å². The molecule has 1 aromatic rings. The van der Waals surface area contributed by atoms with Crippen molar-refractivity contribution >= 4 is 11.6 Å². The highest BCUT2D eigenvalue weighted by Gasteiger charge is 2.41. The first-order chi connectivity index (χ1) is 13.1. The van der Waals surface area contributed by atoms with Crippen LogP contribution in [0.2, 0.25) is 0 Å². The van der Waals surface area contributed by atoms with Gasteiger partial charge in [-0.1, -0.05) is 0 Å². The number of nitrogens with zero attached hydrogens (tertiary/aromatic N) is 1. The number of hydrogen-bond acceptors (Lipinski definition) is 6. The van der Waals surface area contributed by atoms with E-state index in [4.69, 9.17) is 14.2 Å². The largest absolute Gasteiger partial charge is 0.497 e. The van der Waals surface area contributed by atoms with Crippen molar-refractivity contribution in [3.05, 3.63) is 18.2 Å². The lowest BCUT2D eigenvalue weighted by molar-refractivity contribution is -0.136. The molecule has 27 heavy (non-hydrogen) atoms. The van der Waals surface area contributed by atoms with E-state index >= 15 is 0 Å². The molecule has 0 aromatic heterocycles. The van der Waals surface area contributed by atoms with Crippen molar-refractivity contribution in [2.24, 2.45) is 5.41 Å². The molecule has 0 saturated carbocycles. The zero-order chi connectivity index (χ0) is 19.3. The predicted octanol–water partition coefficient (Wildman–Crippen LogP) is 1.41. The van der Waals surface area contributed by atoms with Crippen LogP contribution in [0.1, 0.15) is 19.3 Å². The molecule has 0 radical (unpaired) electrons. The second-order valence-electron chi connectivity index (χ2n) is 7.44.